The van der Waals surface area contributed by atoms with Crippen molar-refractivity contribution in [2.45, 2.75) is 18.1 Å². The first-order valence-corrected chi connectivity index (χ1v) is 10.6. The Morgan fingerprint density at radius 2 is 1.73 bits per heavy atom. The molecule has 2 aliphatic rings. The molecule has 1 saturated heterocycles. The van der Waals surface area contributed by atoms with Crippen molar-refractivity contribution in [3.63, 3.8) is 0 Å². The summed E-state index contributed by atoms with van der Waals surface area (Å²) in [6.45, 7) is 0. The molecule has 1 fully saturated rings. The molecule has 134 valence electrons. The number of ether oxygens (including phenoxy) is 1. The van der Waals surface area contributed by atoms with Gasteiger partial charge in [0.25, 0.3) is 0 Å². The number of allylic oxidation sites excluding steroid dienone is 2. The van der Waals surface area contributed by atoms with Crippen molar-refractivity contribution in [2.24, 2.45) is 0 Å². The fourth-order valence-corrected chi connectivity index (χ4v) is 4.69. The average Bonchev–Trinajstić information content (AvgIpc) is 3.29. The van der Waals surface area contributed by atoms with Crippen LogP contribution in [-0.2, 0) is 21.6 Å². The van der Waals surface area contributed by atoms with Gasteiger partial charge >= 0.3 is 0 Å². The van der Waals surface area contributed by atoms with Crippen molar-refractivity contribution < 1.29 is 9.53 Å². The number of fused-ring (bicyclic) bond motifs is 1. The lowest BCUT2D eigenvalue weighted by atomic mass is 9.92. The van der Waals surface area contributed by atoms with Crippen molar-refractivity contribution in [2.75, 3.05) is 0 Å². The number of halogens is 4. The second kappa shape index (κ2) is 8.53. The van der Waals surface area contributed by atoms with E-state index in [0.717, 1.165) is 19.0 Å². The number of hydrogen-bond acceptors (Lipinski definition) is 2. The maximum atomic E-state index is 10.6. The van der Waals surface area contributed by atoms with Gasteiger partial charge in [-0.15, -0.1) is 0 Å². The van der Waals surface area contributed by atoms with Crippen molar-refractivity contribution in [3.8, 4) is 0 Å². The lowest BCUT2D eigenvalue weighted by Gasteiger charge is -2.09. The maximum absolute atomic E-state index is 10.6. The lowest BCUT2D eigenvalue weighted by molar-refractivity contribution is -0.111. The second-order valence-corrected chi connectivity index (χ2v) is 9.06. The number of carbonyl (C=O) groups excluding carboxylic acids is 1. The third-order valence-electron chi connectivity index (χ3n) is 3.98. The van der Waals surface area contributed by atoms with E-state index in [0.29, 0.717) is 0 Å². The molecule has 0 N–H and O–H groups in total. The van der Waals surface area contributed by atoms with E-state index in [-0.39, 0.29) is 23.4 Å². The summed E-state index contributed by atoms with van der Waals surface area (Å²) in [5, 5.41) is -0.347. The molecule has 1 aliphatic heterocycles. The minimum absolute atomic E-state index is 0.168. The highest BCUT2D eigenvalue weighted by molar-refractivity contribution is 9.12. The maximum Gasteiger partial charge on any atom is 0.226 e. The van der Waals surface area contributed by atoms with Crippen LogP contribution < -0.4 is 0 Å². The monoisotopic (exact) mass is 558 g/mol. The lowest BCUT2D eigenvalue weighted by Crippen LogP contribution is -2.10. The molecule has 1 aliphatic carbocycles. The Kier molecular flexibility index (Phi) is 6.57. The second-order valence-electron chi connectivity index (χ2n) is 5.89. The third kappa shape index (κ3) is 4.96. The van der Waals surface area contributed by atoms with Crippen LogP contribution in [0.2, 0.25) is 0 Å². The van der Waals surface area contributed by atoms with Crippen LogP contribution in [-0.4, -0.2) is 11.3 Å². The summed E-state index contributed by atoms with van der Waals surface area (Å²) in [5.74, 6) is 0. The van der Waals surface area contributed by atoms with E-state index in [9.17, 15) is 4.79 Å². The molecule has 2 unspecified atom stereocenters. The normalized spacial score (nSPS) is 22.6. The molecule has 26 heavy (non-hydrogen) atoms. The van der Waals surface area contributed by atoms with E-state index in [1.807, 2.05) is 36.4 Å². The van der Waals surface area contributed by atoms with Gasteiger partial charge in [-0.3, -0.25) is 4.79 Å². The minimum Gasteiger partial charge on any atom is -0.352 e. The van der Waals surface area contributed by atoms with Crippen LogP contribution in [0.15, 0.2) is 80.2 Å². The number of hydrogen-bond donors (Lipinski definition) is 0. The van der Waals surface area contributed by atoms with E-state index in [4.69, 9.17) is 16.3 Å². The summed E-state index contributed by atoms with van der Waals surface area (Å²) in [5.41, 5.74) is 1.96. The molecule has 0 bridgehead atoms. The molecule has 0 aromatic heterocycles. The Morgan fingerprint density at radius 3 is 2.31 bits per heavy atom. The van der Waals surface area contributed by atoms with Crippen molar-refractivity contribution >= 4 is 64.6 Å². The summed E-state index contributed by atoms with van der Waals surface area (Å²) in [4.78, 5) is 10.6. The zero-order valence-electron chi connectivity index (χ0n) is 13.5. The molecule has 0 radical (unpaired) electrons. The van der Waals surface area contributed by atoms with E-state index >= 15 is 0 Å². The van der Waals surface area contributed by atoms with Crippen LogP contribution in [0.4, 0.5) is 0 Å². The quantitative estimate of drug-likeness (QED) is 0.310. The van der Waals surface area contributed by atoms with Gasteiger partial charge in [-0.1, -0.05) is 78.1 Å². The van der Waals surface area contributed by atoms with Crippen LogP contribution >= 0.6 is 59.4 Å². The van der Waals surface area contributed by atoms with Crippen LogP contribution in [0.5, 0.6) is 0 Å². The summed E-state index contributed by atoms with van der Waals surface area (Å²) in [7, 11) is 0. The molecule has 0 amide bonds. The fourth-order valence-electron chi connectivity index (χ4n) is 2.77. The number of rotatable bonds is 3. The van der Waals surface area contributed by atoms with Gasteiger partial charge in [0.15, 0.2) is 0 Å². The summed E-state index contributed by atoms with van der Waals surface area (Å²) < 4.78 is 8.70. The van der Waals surface area contributed by atoms with Gasteiger partial charge in [-0.25, -0.2) is 0 Å². The molecule has 0 spiro atoms. The predicted octanol–water partition coefficient (Wildman–Crippen LogP) is 6.65. The number of epoxide rings is 1. The van der Waals surface area contributed by atoms with Crippen LogP contribution in [0, 0.1) is 0 Å². The van der Waals surface area contributed by atoms with E-state index in [1.165, 1.54) is 5.56 Å². The van der Waals surface area contributed by atoms with Gasteiger partial charge in [-0.2, -0.15) is 0 Å². The first-order valence-electron chi connectivity index (χ1n) is 7.82. The zero-order valence-corrected chi connectivity index (χ0v) is 19.0. The number of carbonyl (C=O) groups is 1. The highest BCUT2D eigenvalue weighted by atomic mass is 79.9. The highest BCUT2D eigenvalue weighted by Crippen LogP contribution is 2.51. The standard InChI is InChI=1S/C12H9BrO.C8H5Br2ClO/c13-10-6-7-12(11(8-10)14-12)9-4-2-1-3-5-9;9-6-1-5(3-8(11)12)2-7(10)4-6/h1-8,11H;1-2,4H,3H2. The molecule has 4 rings (SSSR count). The first-order chi connectivity index (χ1) is 12.4. The molecule has 2 atom stereocenters. The minimum atomic E-state index is -0.347. The van der Waals surface area contributed by atoms with Crippen LogP contribution in [0.1, 0.15) is 11.1 Å². The smallest absolute Gasteiger partial charge is 0.226 e. The topological polar surface area (TPSA) is 29.6 Å². The summed E-state index contributed by atoms with van der Waals surface area (Å²) in [6.07, 6.45) is 6.75. The van der Waals surface area contributed by atoms with Crippen LogP contribution in [0.3, 0.4) is 0 Å². The van der Waals surface area contributed by atoms with E-state index in [2.05, 4.69) is 78.2 Å². The average molecular weight is 561 g/mol. The van der Waals surface area contributed by atoms with Gasteiger partial charge in [0.1, 0.15) is 11.7 Å². The van der Waals surface area contributed by atoms with Crippen molar-refractivity contribution in [1.29, 1.82) is 0 Å². The molecule has 2 nitrogen and oxygen atoms in total. The van der Waals surface area contributed by atoms with Gasteiger partial charge in [-0.05, 0) is 59.2 Å². The molecule has 1 heterocycles. The predicted molar refractivity (Wildman–Crippen MR) is 116 cm³/mol. The third-order valence-corrected chi connectivity index (χ3v) is 5.56. The zero-order chi connectivity index (χ0) is 18.7. The molecule has 0 saturated carbocycles. The highest BCUT2D eigenvalue weighted by Gasteiger charge is 2.55. The van der Waals surface area contributed by atoms with Crippen LogP contribution in [0.25, 0.3) is 0 Å². The van der Waals surface area contributed by atoms with Gasteiger partial charge in [0.05, 0.1) is 0 Å². The van der Waals surface area contributed by atoms with Gasteiger partial charge in [0.2, 0.25) is 5.24 Å². The fraction of sp³-hybridized carbons (Fsp3) is 0.150. The van der Waals surface area contributed by atoms with E-state index in [1.54, 1.807) is 0 Å². The molecule has 2 aromatic carbocycles. The molecular weight excluding hydrogens is 547 g/mol. The van der Waals surface area contributed by atoms with E-state index < -0.39 is 0 Å². The van der Waals surface area contributed by atoms with Gasteiger partial charge in [0, 0.05) is 19.8 Å². The first kappa shape index (κ1) is 20.0. The van der Waals surface area contributed by atoms with Crippen molar-refractivity contribution in [1.82, 2.24) is 0 Å². The Labute approximate surface area is 182 Å². The molecule has 2 aromatic rings. The van der Waals surface area contributed by atoms with Crippen molar-refractivity contribution in [3.05, 3.63) is 91.3 Å². The summed E-state index contributed by atoms with van der Waals surface area (Å²) >= 11 is 15.3. The summed E-state index contributed by atoms with van der Waals surface area (Å²) in [6, 6.07) is 16.0. The largest absolute Gasteiger partial charge is 0.352 e. The molecule has 6 heteroatoms. The Morgan fingerprint density at radius 1 is 1.08 bits per heavy atom. The van der Waals surface area contributed by atoms with Gasteiger partial charge < -0.3 is 4.74 Å². The Bertz CT molecular complexity index is 860. The molecular formula is C20H14Br3ClO2. The SMILES string of the molecule is BrC1=CC2OC2(c2ccccc2)C=C1.O=C(Cl)Cc1cc(Br)cc(Br)c1. The Hall–Kier alpha value is -0.720. The number of benzene rings is 2. The Balaban J connectivity index is 0.000000153.